The van der Waals surface area contributed by atoms with E-state index in [0.717, 1.165) is 39.0 Å². The van der Waals surface area contributed by atoms with Crippen LogP contribution in [0.15, 0.2) is 23.1 Å². The molecule has 2 heterocycles. The van der Waals surface area contributed by atoms with Gasteiger partial charge in [-0.15, -0.1) is 0 Å². The van der Waals surface area contributed by atoms with Crippen LogP contribution in [-0.4, -0.2) is 79.1 Å². The number of hydrogen-bond donors (Lipinski definition) is 2. The Kier molecular flexibility index (Phi) is 6.28. The lowest BCUT2D eigenvalue weighted by atomic mass is 9.82. The van der Waals surface area contributed by atoms with E-state index in [1.807, 2.05) is 4.90 Å². The second kappa shape index (κ2) is 8.67. The summed E-state index contributed by atoms with van der Waals surface area (Å²) in [7, 11) is 3.69. The molecule has 1 aliphatic carbocycles. The van der Waals surface area contributed by atoms with Crippen LogP contribution in [0.4, 0.5) is 0 Å². The van der Waals surface area contributed by atoms with E-state index in [-0.39, 0.29) is 35.4 Å². The van der Waals surface area contributed by atoms with Crippen LogP contribution in [-0.2, 0) is 9.53 Å². The fourth-order valence-electron chi connectivity index (χ4n) is 3.92. The summed E-state index contributed by atoms with van der Waals surface area (Å²) >= 11 is 0. The molecule has 3 atom stereocenters. The molecule has 3 rings (SSSR count). The molecule has 2 N–H and O–H groups in total. The van der Waals surface area contributed by atoms with Gasteiger partial charge < -0.3 is 24.8 Å². The minimum atomic E-state index is -0.322. The summed E-state index contributed by atoms with van der Waals surface area (Å²) in [6, 6.07) is 2.58. The van der Waals surface area contributed by atoms with Gasteiger partial charge in [0.15, 0.2) is 0 Å². The van der Waals surface area contributed by atoms with Gasteiger partial charge in [-0.2, -0.15) is 0 Å². The number of amides is 2. The molecule has 0 aromatic carbocycles. The molecule has 1 saturated heterocycles. The molecule has 0 unspecified atom stereocenters. The number of piperazine rings is 1. The molecule has 27 heavy (non-hydrogen) atoms. The second-order valence-electron chi connectivity index (χ2n) is 7.43. The van der Waals surface area contributed by atoms with Gasteiger partial charge in [-0.05, 0) is 32.4 Å². The lowest BCUT2D eigenvalue weighted by molar-refractivity contribution is -0.139. The summed E-state index contributed by atoms with van der Waals surface area (Å²) in [5.74, 6) is -0.252. The predicted molar refractivity (Wildman–Crippen MR) is 101 cm³/mol. The third-order valence-corrected chi connectivity index (χ3v) is 5.61. The molecule has 2 fully saturated rings. The molecule has 0 spiro atoms. The molecular weight excluding hydrogens is 348 g/mol. The Hall–Kier alpha value is -2.19. The third kappa shape index (κ3) is 4.75. The summed E-state index contributed by atoms with van der Waals surface area (Å²) in [5.41, 5.74) is -0.0150. The molecule has 1 aromatic rings. The lowest BCUT2D eigenvalue weighted by Gasteiger charge is -2.39. The highest BCUT2D eigenvalue weighted by molar-refractivity contribution is 5.94. The van der Waals surface area contributed by atoms with Crippen LogP contribution in [0.3, 0.4) is 0 Å². The van der Waals surface area contributed by atoms with Crippen LogP contribution in [0.25, 0.3) is 0 Å². The fraction of sp³-hybridized carbons (Fsp3) is 0.632. The van der Waals surface area contributed by atoms with Crippen molar-refractivity contribution in [2.24, 2.45) is 5.92 Å². The number of H-pyrrole nitrogens is 1. The van der Waals surface area contributed by atoms with Gasteiger partial charge in [0.2, 0.25) is 11.5 Å². The number of likely N-dealkylation sites (N-methyl/N-ethyl adjacent to an activating group) is 1. The zero-order valence-electron chi connectivity index (χ0n) is 15.9. The van der Waals surface area contributed by atoms with Gasteiger partial charge in [0.1, 0.15) is 0 Å². The SMILES string of the molecule is CO[C@@H]1CC[C@H](C(=O)N2CCN(C)CC2)C[C@H]1NC(=O)c1cc[nH]c(=O)c1. The van der Waals surface area contributed by atoms with E-state index in [9.17, 15) is 14.4 Å². The smallest absolute Gasteiger partial charge is 0.251 e. The van der Waals surface area contributed by atoms with E-state index in [1.165, 1.54) is 12.3 Å². The van der Waals surface area contributed by atoms with Crippen molar-refractivity contribution in [3.8, 4) is 0 Å². The van der Waals surface area contributed by atoms with Crippen LogP contribution < -0.4 is 10.9 Å². The second-order valence-corrected chi connectivity index (χ2v) is 7.43. The Labute approximate surface area is 158 Å². The van der Waals surface area contributed by atoms with Crippen LogP contribution in [0.1, 0.15) is 29.6 Å². The quantitative estimate of drug-likeness (QED) is 0.775. The molecule has 1 aromatic heterocycles. The molecule has 8 nitrogen and oxygen atoms in total. The van der Waals surface area contributed by atoms with Crippen LogP contribution in [0.2, 0.25) is 0 Å². The Bertz CT molecular complexity index is 726. The highest BCUT2D eigenvalue weighted by Gasteiger charge is 2.37. The van der Waals surface area contributed by atoms with Crippen molar-refractivity contribution in [1.29, 1.82) is 0 Å². The summed E-state index contributed by atoms with van der Waals surface area (Å²) in [4.78, 5) is 43.5. The Morgan fingerprint density at radius 3 is 2.63 bits per heavy atom. The summed E-state index contributed by atoms with van der Waals surface area (Å²) in [6.45, 7) is 3.29. The first kappa shape index (κ1) is 19.6. The topological polar surface area (TPSA) is 94.7 Å². The molecule has 0 bridgehead atoms. The Morgan fingerprint density at radius 1 is 1.22 bits per heavy atom. The van der Waals surface area contributed by atoms with Gasteiger partial charge in [-0.3, -0.25) is 14.4 Å². The third-order valence-electron chi connectivity index (χ3n) is 5.61. The van der Waals surface area contributed by atoms with E-state index < -0.39 is 0 Å². The molecule has 1 aliphatic heterocycles. The monoisotopic (exact) mass is 376 g/mol. The minimum absolute atomic E-state index is 0.107. The molecule has 1 saturated carbocycles. The van der Waals surface area contributed by atoms with Gasteiger partial charge in [0, 0.05) is 57.0 Å². The highest BCUT2D eigenvalue weighted by atomic mass is 16.5. The van der Waals surface area contributed by atoms with Crippen molar-refractivity contribution in [3.63, 3.8) is 0 Å². The molecule has 2 amide bonds. The average molecular weight is 376 g/mol. The number of ether oxygens (including phenoxy) is 1. The van der Waals surface area contributed by atoms with Gasteiger partial charge in [-0.1, -0.05) is 0 Å². The van der Waals surface area contributed by atoms with E-state index in [2.05, 4.69) is 22.2 Å². The average Bonchev–Trinajstić information content (AvgIpc) is 2.68. The van der Waals surface area contributed by atoms with Crippen molar-refractivity contribution >= 4 is 11.8 Å². The van der Waals surface area contributed by atoms with Crippen LogP contribution in [0, 0.1) is 5.92 Å². The number of nitrogens with one attached hydrogen (secondary N) is 2. The molecule has 2 aliphatic rings. The Morgan fingerprint density at radius 2 is 1.96 bits per heavy atom. The predicted octanol–water partition coefficient (Wildman–Crippen LogP) is 0.0624. The van der Waals surface area contributed by atoms with E-state index in [1.54, 1.807) is 13.2 Å². The number of hydrogen-bond acceptors (Lipinski definition) is 5. The fourth-order valence-corrected chi connectivity index (χ4v) is 3.92. The van der Waals surface area contributed by atoms with Crippen molar-refractivity contribution in [1.82, 2.24) is 20.1 Å². The zero-order chi connectivity index (χ0) is 19.4. The zero-order valence-corrected chi connectivity index (χ0v) is 15.9. The maximum Gasteiger partial charge on any atom is 0.251 e. The summed E-state index contributed by atoms with van der Waals surface area (Å²) < 4.78 is 5.54. The lowest BCUT2D eigenvalue weighted by Crippen LogP contribution is -2.53. The number of carbonyl (C=O) groups excluding carboxylic acids is 2. The Balaban J connectivity index is 1.65. The first-order valence-corrected chi connectivity index (χ1v) is 9.47. The van der Waals surface area contributed by atoms with E-state index in [0.29, 0.717) is 12.0 Å². The number of methoxy groups -OCH3 is 1. The molecular formula is C19H28N4O4. The van der Waals surface area contributed by atoms with Gasteiger partial charge >= 0.3 is 0 Å². The number of aromatic nitrogens is 1. The minimum Gasteiger partial charge on any atom is -0.379 e. The molecule has 148 valence electrons. The maximum atomic E-state index is 12.9. The number of aromatic amines is 1. The summed E-state index contributed by atoms with van der Waals surface area (Å²) in [5, 5.41) is 2.96. The summed E-state index contributed by atoms with van der Waals surface area (Å²) in [6.07, 6.45) is 3.36. The standard InChI is InChI=1S/C19H28N4O4/c1-22-7-9-23(10-8-22)19(26)14-3-4-16(27-2)15(11-14)21-18(25)13-5-6-20-17(24)12-13/h5-6,12,14-16H,3-4,7-11H2,1-2H3,(H,20,24)(H,21,25)/t14-,15+,16+/m0/s1. The number of rotatable bonds is 4. The van der Waals surface area contributed by atoms with E-state index in [4.69, 9.17) is 4.74 Å². The largest absolute Gasteiger partial charge is 0.379 e. The van der Waals surface area contributed by atoms with Gasteiger partial charge in [0.25, 0.3) is 5.91 Å². The molecule has 8 heteroatoms. The van der Waals surface area contributed by atoms with Gasteiger partial charge in [-0.25, -0.2) is 0 Å². The maximum absolute atomic E-state index is 12.9. The van der Waals surface area contributed by atoms with Crippen molar-refractivity contribution in [3.05, 3.63) is 34.2 Å². The van der Waals surface area contributed by atoms with Crippen molar-refractivity contribution in [2.75, 3.05) is 40.3 Å². The van der Waals surface area contributed by atoms with Crippen LogP contribution >= 0.6 is 0 Å². The number of pyridine rings is 1. The van der Waals surface area contributed by atoms with Crippen molar-refractivity contribution < 1.29 is 14.3 Å². The first-order valence-electron chi connectivity index (χ1n) is 9.47. The normalized spacial score (nSPS) is 26.6. The van der Waals surface area contributed by atoms with Crippen LogP contribution in [0.5, 0.6) is 0 Å². The molecule has 0 radical (unpaired) electrons. The van der Waals surface area contributed by atoms with E-state index >= 15 is 0 Å². The first-order chi connectivity index (χ1) is 13.0. The van der Waals surface area contributed by atoms with Crippen molar-refractivity contribution in [2.45, 2.75) is 31.4 Å². The number of nitrogens with zero attached hydrogens (tertiary/aromatic N) is 2. The van der Waals surface area contributed by atoms with Gasteiger partial charge in [0.05, 0.1) is 12.1 Å². The highest BCUT2D eigenvalue weighted by Crippen LogP contribution is 2.28. The number of carbonyl (C=O) groups is 2.